The van der Waals surface area contributed by atoms with E-state index in [0.717, 1.165) is 0 Å². The molecule has 4 nitrogen and oxygen atoms in total. The van der Waals surface area contributed by atoms with Crippen LogP contribution < -0.4 is 0 Å². The number of hydrogen-bond acceptors (Lipinski definition) is 4. The maximum atomic E-state index is 7.83. The van der Waals surface area contributed by atoms with Gasteiger partial charge in [0.1, 0.15) is 0 Å². The molecule has 0 bridgehead atoms. The van der Waals surface area contributed by atoms with Crippen LogP contribution in [-0.4, -0.2) is 19.6 Å². The predicted molar refractivity (Wildman–Crippen MR) is 24.5 cm³/mol. The van der Waals surface area contributed by atoms with E-state index in [0.29, 0.717) is 0 Å². The Morgan fingerprint density at radius 3 is 1.86 bits per heavy atom. The Labute approximate surface area is 45.5 Å². The molecule has 0 aliphatic heterocycles. The Morgan fingerprint density at radius 2 is 1.71 bits per heavy atom. The molecule has 0 fully saturated rings. The zero-order valence-electron chi connectivity index (χ0n) is 3.37. The first-order chi connectivity index (χ1) is 3.50. The van der Waals surface area contributed by atoms with Crippen LogP contribution in [0.5, 0.6) is 0 Å². The highest BCUT2D eigenvalue weighted by Gasteiger charge is 1.57. The molecule has 0 aromatic carbocycles. The molecule has 1 rings (SSSR count). The number of nitrogens with one attached hydrogen (secondary N) is 1. The summed E-state index contributed by atoms with van der Waals surface area (Å²) in [4.78, 5) is 0. The summed E-state index contributed by atoms with van der Waals surface area (Å²) in [5.74, 6) is 0. The topological polar surface area (TPSA) is 58.6 Å². The summed E-state index contributed by atoms with van der Waals surface area (Å²) >= 11 is 2.83. The van der Waals surface area contributed by atoms with Crippen LogP contribution in [-0.2, 0) is 12.5 Å². The van der Waals surface area contributed by atoms with Crippen LogP contribution in [0.2, 0.25) is 0 Å². The van der Waals surface area contributed by atoms with E-state index in [2.05, 4.69) is 27.9 Å². The number of nitrogens with zero attached hydrogens (tertiary/aromatic N) is 2. The van der Waals surface area contributed by atoms with Gasteiger partial charge in [-0.1, -0.05) is 0 Å². The first kappa shape index (κ1) is 6.16. The van der Waals surface area contributed by atoms with Gasteiger partial charge >= 0.3 is 0 Å². The van der Waals surface area contributed by atoms with E-state index in [1.807, 2.05) is 0 Å². The third-order valence-corrected chi connectivity index (χ3v) is 0.331. The lowest BCUT2D eigenvalue weighted by atomic mass is 11.0. The van der Waals surface area contributed by atoms with Gasteiger partial charge in [0.2, 0.25) is 0 Å². The van der Waals surface area contributed by atoms with Gasteiger partial charge in [0.15, 0.2) is 12.5 Å². The van der Waals surface area contributed by atoms with E-state index in [-0.39, 0.29) is 0 Å². The molecule has 0 aliphatic carbocycles. The third kappa shape index (κ3) is 2.98. The molecule has 5 heteroatoms. The molecule has 0 aliphatic rings. The van der Waals surface area contributed by atoms with E-state index in [4.69, 9.17) is 4.21 Å². The second-order valence-corrected chi connectivity index (χ2v) is 0.656. The minimum atomic E-state index is 1.58. The fourth-order valence-electron chi connectivity index (χ4n) is 0.167. The van der Waals surface area contributed by atoms with E-state index >= 15 is 0 Å². The molecule has 1 aromatic rings. The molecule has 1 aromatic heterocycles. The smallest absolute Gasteiger partial charge is 0.197 e. The Balaban J connectivity index is 0.000000162. The van der Waals surface area contributed by atoms with Gasteiger partial charge in [-0.3, -0.25) is 0 Å². The zero-order chi connectivity index (χ0) is 5.54. The Hall–Kier alpha value is -0.840. The molecule has 0 saturated heterocycles. The SMILES string of the molecule is O=S.c1cn[nH]n1. The van der Waals surface area contributed by atoms with Crippen molar-refractivity contribution < 1.29 is 4.21 Å². The number of H-pyrrole nitrogens is 1. The Morgan fingerprint density at radius 1 is 1.29 bits per heavy atom. The van der Waals surface area contributed by atoms with Crippen molar-refractivity contribution in [2.45, 2.75) is 0 Å². The summed E-state index contributed by atoms with van der Waals surface area (Å²) in [5.41, 5.74) is 0. The minimum absolute atomic E-state index is 1.58. The van der Waals surface area contributed by atoms with Crippen molar-refractivity contribution in [3.63, 3.8) is 0 Å². The molecule has 0 radical (unpaired) electrons. The van der Waals surface area contributed by atoms with E-state index in [9.17, 15) is 0 Å². The number of hydrogen-bond donors (Lipinski definition) is 1. The van der Waals surface area contributed by atoms with Crippen molar-refractivity contribution in [1.29, 1.82) is 0 Å². The molecule has 0 atom stereocenters. The van der Waals surface area contributed by atoms with Gasteiger partial charge in [-0.25, -0.2) is 0 Å². The predicted octanol–water partition coefficient (Wildman–Crippen LogP) is -0.532. The van der Waals surface area contributed by atoms with Gasteiger partial charge in [-0.05, 0) is 0 Å². The van der Waals surface area contributed by atoms with Crippen LogP contribution in [0.15, 0.2) is 12.4 Å². The van der Waals surface area contributed by atoms with Gasteiger partial charge < -0.3 is 0 Å². The standard InChI is InChI=1S/C2H3N3.OS/c1-2-4-5-3-1;1-2/h1-2H,(H,3,4,5);. The molecule has 1 heterocycles. The fourth-order valence-corrected chi connectivity index (χ4v) is 0.167. The lowest BCUT2D eigenvalue weighted by Crippen LogP contribution is -1.61. The largest absolute Gasteiger partial charge is 0.198 e. The molecular formula is C2H3N3OS. The molecule has 0 saturated carbocycles. The maximum absolute atomic E-state index is 7.83. The van der Waals surface area contributed by atoms with Crippen LogP contribution in [0, 0.1) is 0 Å². The van der Waals surface area contributed by atoms with Crippen LogP contribution in [0.25, 0.3) is 0 Å². The summed E-state index contributed by atoms with van der Waals surface area (Å²) in [6.07, 6.45) is 3.17. The van der Waals surface area contributed by atoms with Gasteiger partial charge in [-0.15, -0.1) is 0 Å². The van der Waals surface area contributed by atoms with Crippen molar-refractivity contribution >= 4 is 12.5 Å². The lowest BCUT2D eigenvalue weighted by molar-refractivity contribution is 0.702. The highest BCUT2D eigenvalue weighted by molar-refractivity contribution is 7.44. The zero-order valence-corrected chi connectivity index (χ0v) is 4.18. The number of aromatic amines is 1. The van der Waals surface area contributed by atoms with Crippen LogP contribution in [0.1, 0.15) is 0 Å². The maximum Gasteiger partial charge on any atom is 0.197 e. The van der Waals surface area contributed by atoms with Crippen molar-refractivity contribution in [2.75, 3.05) is 0 Å². The number of aromatic nitrogens is 3. The third-order valence-electron chi connectivity index (χ3n) is 0.331. The van der Waals surface area contributed by atoms with Gasteiger partial charge in [0.05, 0.1) is 12.4 Å². The summed E-state index contributed by atoms with van der Waals surface area (Å²) < 4.78 is 7.83. The van der Waals surface area contributed by atoms with Crippen molar-refractivity contribution in [3.8, 4) is 0 Å². The van der Waals surface area contributed by atoms with Gasteiger partial charge in [-0.2, -0.15) is 19.6 Å². The second kappa shape index (κ2) is 5.16. The summed E-state index contributed by atoms with van der Waals surface area (Å²) in [5, 5.41) is 9.33. The van der Waals surface area contributed by atoms with Crippen LogP contribution in [0.4, 0.5) is 0 Å². The molecule has 0 unspecified atom stereocenters. The van der Waals surface area contributed by atoms with E-state index in [1.165, 1.54) is 0 Å². The average Bonchev–Trinajstić information content (AvgIpc) is 2.23. The Bertz CT molecular complexity index is 79.8. The minimum Gasteiger partial charge on any atom is -0.198 e. The molecule has 1 N–H and O–H groups in total. The number of rotatable bonds is 0. The van der Waals surface area contributed by atoms with Crippen molar-refractivity contribution in [1.82, 2.24) is 15.4 Å². The second-order valence-electron chi connectivity index (χ2n) is 0.656. The van der Waals surface area contributed by atoms with E-state index in [1.54, 1.807) is 12.4 Å². The van der Waals surface area contributed by atoms with Gasteiger partial charge in [0.25, 0.3) is 0 Å². The van der Waals surface area contributed by atoms with Crippen LogP contribution >= 0.6 is 0 Å². The van der Waals surface area contributed by atoms with Crippen molar-refractivity contribution in [3.05, 3.63) is 12.4 Å². The molecule has 38 valence electrons. The van der Waals surface area contributed by atoms with Gasteiger partial charge in [0, 0.05) is 0 Å². The summed E-state index contributed by atoms with van der Waals surface area (Å²) in [6, 6.07) is 0. The Kier molecular flexibility index (Phi) is 4.54. The normalized spacial score (nSPS) is 6.29. The summed E-state index contributed by atoms with van der Waals surface area (Å²) in [7, 11) is 0. The average molecular weight is 117 g/mol. The fraction of sp³-hybridized carbons (Fsp3) is 0. The van der Waals surface area contributed by atoms with Crippen molar-refractivity contribution in [2.24, 2.45) is 0 Å². The summed E-state index contributed by atoms with van der Waals surface area (Å²) in [6.45, 7) is 0. The molecule has 0 spiro atoms. The highest BCUT2D eigenvalue weighted by atomic mass is 32.1. The molecule has 7 heavy (non-hydrogen) atoms. The monoisotopic (exact) mass is 117 g/mol. The first-order valence-electron chi connectivity index (χ1n) is 1.46. The lowest BCUT2D eigenvalue weighted by Gasteiger charge is -1.48. The first-order valence-corrected chi connectivity index (χ1v) is 1.80. The van der Waals surface area contributed by atoms with E-state index < -0.39 is 0 Å². The van der Waals surface area contributed by atoms with Crippen LogP contribution in [0.3, 0.4) is 0 Å². The molecule has 0 amide bonds. The highest BCUT2D eigenvalue weighted by Crippen LogP contribution is 1.55. The molecular weight excluding hydrogens is 114 g/mol. The quantitative estimate of drug-likeness (QED) is 0.496.